The fourth-order valence-electron chi connectivity index (χ4n) is 3.54. The highest BCUT2D eigenvalue weighted by molar-refractivity contribution is 5.89. The number of ketones is 1. The molecule has 1 saturated carbocycles. The summed E-state index contributed by atoms with van der Waals surface area (Å²) in [4.78, 5) is 37.5. The minimum Gasteiger partial charge on any atom is -0.464 e. The van der Waals surface area contributed by atoms with Gasteiger partial charge in [0.25, 0.3) is 0 Å². The first-order chi connectivity index (χ1) is 11.5. The summed E-state index contributed by atoms with van der Waals surface area (Å²) in [5, 5.41) is 0. The van der Waals surface area contributed by atoms with Crippen LogP contribution in [0.4, 0.5) is 4.79 Å². The van der Waals surface area contributed by atoms with Gasteiger partial charge in [0, 0.05) is 24.8 Å². The van der Waals surface area contributed by atoms with Crippen LogP contribution in [0.3, 0.4) is 0 Å². The third kappa shape index (κ3) is 3.27. The molecular formula is C18H21NO5. The summed E-state index contributed by atoms with van der Waals surface area (Å²) in [7, 11) is 0. The first-order valence-electron chi connectivity index (χ1n) is 8.19. The van der Waals surface area contributed by atoms with Crippen LogP contribution in [0, 0.1) is 5.41 Å². The van der Waals surface area contributed by atoms with Crippen molar-refractivity contribution in [2.24, 2.45) is 5.41 Å². The highest BCUT2D eigenvalue weighted by Crippen LogP contribution is 2.48. The van der Waals surface area contributed by atoms with Crippen LogP contribution in [-0.4, -0.2) is 41.9 Å². The summed E-state index contributed by atoms with van der Waals surface area (Å²) in [5.41, 5.74) is 0.603. The first kappa shape index (κ1) is 16.5. The molecule has 24 heavy (non-hydrogen) atoms. The summed E-state index contributed by atoms with van der Waals surface area (Å²) in [6.07, 6.45) is 0.780. The van der Waals surface area contributed by atoms with E-state index in [2.05, 4.69) is 0 Å². The highest BCUT2D eigenvalue weighted by atomic mass is 16.6. The van der Waals surface area contributed by atoms with E-state index in [9.17, 15) is 14.4 Å². The van der Waals surface area contributed by atoms with Crippen LogP contribution in [-0.2, 0) is 25.7 Å². The van der Waals surface area contributed by atoms with Crippen molar-refractivity contribution in [3.8, 4) is 0 Å². The number of amides is 1. The van der Waals surface area contributed by atoms with Gasteiger partial charge in [-0.15, -0.1) is 0 Å². The molecule has 2 aliphatic rings. The van der Waals surface area contributed by atoms with Gasteiger partial charge in [-0.3, -0.25) is 9.69 Å². The van der Waals surface area contributed by atoms with Crippen LogP contribution in [0.5, 0.6) is 0 Å². The predicted octanol–water partition coefficient (Wildman–Crippen LogP) is 2.31. The molecule has 1 aliphatic heterocycles. The van der Waals surface area contributed by atoms with Gasteiger partial charge < -0.3 is 9.47 Å². The Hall–Kier alpha value is -2.37. The number of Topliss-reactive ketones (excluding diaryl/α,β-unsaturated/α-hetero) is 1. The zero-order valence-electron chi connectivity index (χ0n) is 13.7. The molecule has 0 N–H and O–H groups in total. The van der Waals surface area contributed by atoms with Crippen molar-refractivity contribution in [2.75, 3.05) is 13.2 Å². The van der Waals surface area contributed by atoms with Crippen LogP contribution in [0.2, 0.25) is 0 Å². The molecule has 3 rings (SSSR count). The Kier molecular flexibility index (Phi) is 4.55. The maximum absolute atomic E-state index is 12.5. The Morgan fingerprint density at radius 2 is 1.92 bits per heavy atom. The third-order valence-electron chi connectivity index (χ3n) is 4.65. The SMILES string of the molecule is CCOC(=O)[C@@H]1CC2(CC(=O)C2)CN1C(=O)OCc1ccccc1. The van der Waals surface area contributed by atoms with E-state index in [0.717, 1.165) is 5.56 Å². The summed E-state index contributed by atoms with van der Waals surface area (Å²) in [6, 6.07) is 8.70. The van der Waals surface area contributed by atoms with Crippen LogP contribution >= 0.6 is 0 Å². The molecule has 0 unspecified atom stereocenters. The Balaban J connectivity index is 1.67. The number of hydrogen-bond acceptors (Lipinski definition) is 5. The third-order valence-corrected chi connectivity index (χ3v) is 4.65. The van der Waals surface area contributed by atoms with Crippen molar-refractivity contribution < 1.29 is 23.9 Å². The molecule has 1 spiro atoms. The number of benzene rings is 1. The maximum atomic E-state index is 12.5. The largest absolute Gasteiger partial charge is 0.464 e. The number of hydrogen-bond donors (Lipinski definition) is 0. The molecule has 6 nitrogen and oxygen atoms in total. The second-order valence-electron chi connectivity index (χ2n) is 6.53. The summed E-state index contributed by atoms with van der Waals surface area (Å²) < 4.78 is 10.4. The molecule has 1 aliphatic carbocycles. The van der Waals surface area contributed by atoms with Gasteiger partial charge >= 0.3 is 12.1 Å². The number of likely N-dealkylation sites (tertiary alicyclic amines) is 1. The maximum Gasteiger partial charge on any atom is 0.410 e. The lowest BCUT2D eigenvalue weighted by Crippen LogP contribution is -2.43. The molecule has 1 atom stereocenters. The molecule has 1 aromatic rings. The van der Waals surface area contributed by atoms with Crippen LogP contribution in [0.1, 0.15) is 31.7 Å². The van der Waals surface area contributed by atoms with E-state index in [0.29, 0.717) is 25.8 Å². The predicted molar refractivity (Wildman–Crippen MR) is 85.0 cm³/mol. The second-order valence-corrected chi connectivity index (χ2v) is 6.53. The second kappa shape index (κ2) is 6.63. The van der Waals surface area contributed by atoms with Crippen LogP contribution < -0.4 is 0 Å². The Bertz CT molecular complexity index is 634. The van der Waals surface area contributed by atoms with E-state index in [1.54, 1.807) is 6.92 Å². The van der Waals surface area contributed by atoms with Gasteiger partial charge in [-0.2, -0.15) is 0 Å². The molecule has 2 fully saturated rings. The normalized spacial score (nSPS) is 21.5. The number of carbonyl (C=O) groups is 3. The zero-order valence-corrected chi connectivity index (χ0v) is 13.7. The van der Waals surface area contributed by atoms with Crippen LogP contribution in [0.15, 0.2) is 30.3 Å². The van der Waals surface area contributed by atoms with Crippen molar-refractivity contribution in [3.05, 3.63) is 35.9 Å². The average Bonchev–Trinajstić information content (AvgIpc) is 2.94. The van der Waals surface area contributed by atoms with Gasteiger partial charge in [-0.05, 0) is 18.9 Å². The minimum absolute atomic E-state index is 0.150. The number of ether oxygens (including phenoxy) is 2. The average molecular weight is 331 g/mol. The molecule has 128 valence electrons. The summed E-state index contributed by atoms with van der Waals surface area (Å²) in [6.45, 7) is 2.51. The molecule has 0 radical (unpaired) electrons. The number of rotatable bonds is 4. The van der Waals surface area contributed by atoms with Gasteiger partial charge in [0.05, 0.1) is 6.61 Å². The zero-order chi connectivity index (χ0) is 17.2. The number of nitrogens with zero attached hydrogens (tertiary/aromatic N) is 1. The van der Waals surface area contributed by atoms with Crippen molar-refractivity contribution in [1.29, 1.82) is 0 Å². The van der Waals surface area contributed by atoms with Gasteiger partial charge in [0.1, 0.15) is 18.4 Å². The Morgan fingerprint density at radius 1 is 1.21 bits per heavy atom. The number of carbonyl (C=O) groups excluding carboxylic acids is 3. The monoisotopic (exact) mass is 331 g/mol. The van der Waals surface area contributed by atoms with Crippen molar-refractivity contribution in [1.82, 2.24) is 4.90 Å². The van der Waals surface area contributed by atoms with E-state index in [4.69, 9.17) is 9.47 Å². The highest BCUT2D eigenvalue weighted by Gasteiger charge is 2.55. The lowest BCUT2D eigenvalue weighted by molar-refractivity contribution is -0.148. The van der Waals surface area contributed by atoms with E-state index in [1.165, 1.54) is 4.90 Å². The van der Waals surface area contributed by atoms with Crippen molar-refractivity contribution in [2.45, 2.75) is 38.8 Å². The fraction of sp³-hybridized carbons (Fsp3) is 0.500. The molecule has 6 heteroatoms. The van der Waals surface area contributed by atoms with Gasteiger partial charge in [0.2, 0.25) is 0 Å². The van der Waals surface area contributed by atoms with Gasteiger partial charge in [-0.1, -0.05) is 30.3 Å². The van der Waals surface area contributed by atoms with Crippen molar-refractivity contribution in [3.63, 3.8) is 0 Å². The Morgan fingerprint density at radius 3 is 2.54 bits per heavy atom. The molecular weight excluding hydrogens is 310 g/mol. The van der Waals surface area contributed by atoms with Gasteiger partial charge in [-0.25, -0.2) is 9.59 Å². The summed E-state index contributed by atoms with van der Waals surface area (Å²) >= 11 is 0. The molecule has 0 bridgehead atoms. The van der Waals surface area contributed by atoms with E-state index in [1.807, 2.05) is 30.3 Å². The smallest absolute Gasteiger partial charge is 0.410 e. The molecule has 1 aromatic carbocycles. The van der Waals surface area contributed by atoms with E-state index >= 15 is 0 Å². The molecule has 0 aromatic heterocycles. The molecule has 1 amide bonds. The van der Waals surface area contributed by atoms with Crippen LogP contribution in [0.25, 0.3) is 0 Å². The minimum atomic E-state index is -0.665. The van der Waals surface area contributed by atoms with Crippen molar-refractivity contribution >= 4 is 17.8 Å². The lowest BCUT2D eigenvalue weighted by atomic mass is 9.66. The standard InChI is InChI=1S/C18H21NO5/c1-2-23-16(21)15-10-18(8-14(20)9-18)12-19(15)17(22)24-11-13-6-4-3-5-7-13/h3-7,15H,2,8-12H2,1H3/t15-/m0/s1. The topological polar surface area (TPSA) is 72.9 Å². The number of esters is 1. The summed E-state index contributed by atoms with van der Waals surface area (Å²) in [5.74, 6) is -0.248. The first-order valence-corrected chi connectivity index (χ1v) is 8.19. The van der Waals surface area contributed by atoms with E-state index in [-0.39, 0.29) is 24.4 Å². The molecule has 1 saturated heterocycles. The molecule has 1 heterocycles. The fourth-order valence-corrected chi connectivity index (χ4v) is 3.54. The Labute approximate surface area is 140 Å². The van der Waals surface area contributed by atoms with E-state index < -0.39 is 18.1 Å². The van der Waals surface area contributed by atoms with Gasteiger partial charge in [0.15, 0.2) is 0 Å². The quantitative estimate of drug-likeness (QED) is 0.792. The lowest BCUT2D eigenvalue weighted by Gasteiger charge is -2.35.